The van der Waals surface area contributed by atoms with Gasteiger partial charge in [0.05, 0.1) is 12.7 Å². The van der Waals surface area contributed by atoms with Gasteiger partial charge in [0.15, 0.2) is 0 Å². The second kappa shape index (κ2) is 8.46. The fourth-order valence-electron chi connectivity index (χ4n) is 1.63. The van der Waals surface area contributed by atoms with Crippen LogP contribution in [0.2, 0.25) is 0 Å². The summed E-state index contributed by atoms with van der Waals surface area (Å²) in [6.07, 6.45) is 0. The third kappa shape index (κ3) is 6.09. The van der Waals surface area contributed by atoms with E-state index in [4.69, 9.17) is 5.73 Å². The van der Waals surface area contributed by atoms with E-state index in [0.717, 1.165) is 11.3 Å². The van der Waals surface area contributed by atoms with Gasteiger partial charge in [-0.1, -0.05) is 23.8 Å². The predicted molar refractivity (Wildman–Crippen MR) is 87.7 cm³/mol. The number of methoxy groups -OCH3 is 1. The first kappa shape index (κ1) is 17.2. The van der Waals surface area contributed by atoms with Crippen molar-refractivity contribution >= 4 is 23.3 Å². The molecule has 0 heterocycles. The van der Waals surface area contributed by atoms with Crippen LogP contribution in [0.1, 0.15) is 22.8 Å². The van der Waals surface area contributed by atoms with Gasteiger partial charge in [0.1, 0.15) is 0 Å². The molecule has 2 aromatic carbocycles. The van der Waals surface area contributed by atoms with Crippen molar-refractivity contribution in [3.63, 3.8) is 0 Å². The monoisotopic (exact) mass is 300 g/mol. The summed E-state index contributed by atoms with van der Waals surface area (Å²) in [4.78, 5) is 21.5. The Hall–Kier alpha value is -2.82. The lowest BCUT2D eigenvalue weighted by Gasteiger charge is -2.01. The SMILES string of the molecule is CC(=O)Nc1cccc(N)c1.COC(=O)c1ccc(C)cc1. The molecule has 0 saturated carbocycles. The minimum absolute atomic E-state index is 0.0874. The Morgan fingerprint density at radius 2 is 1.73 bits per heavy atom. The molecule has 0 fully saturated rings. The van der Waals surface area contributed by atoms with Gasteiger partial charge in [-0.05, 0) is 37.3 Å². The van der Waals surface area contributed by atoms with E-state index in [1.807, 2.05) is 19.1 Å². The van der Waals surface area contributed by atoms with Gasteiger partial charge < -0.3 is 15.8 Å². The molecule has 2 rings (SSSR count). The number of hydrogen-bond donors (Lipinski definition) is 2. The van der Waals surface area contributed by atoms with Crippen LogP contribution in [0.5, 0.6) is 0 Å². The number of carbonyl (C=O) groups excluding carboxylic acids is 2. The maximum Gasteiger partial charge on any atom is 0.337 e. The highest BCUT2D eigenvalue weighted by molar-refractivity contribution is 5.89. The summed E-state index contributed by atoms with van der Waals surface area (Å²) in [5, 5.41) is 2.63. The second-order valence-electron chi connectivity index (χ2n) is 4.66. The lowest BCUT2D eigenvalue weighted by molar-refractivity contribution is -0.114. The number of hydrogen-bond acceptors (Lipinski definition) is 4. The van der Waals surface area contributed by atoms with Crippen LogP contribution in [-0.4, -0.2) is 19.0 Å². The summed E-state index contributed by atoms with van der Waals surface area (Å²) in [5.41, 5.74) is 8.60. The Bertz CT molecular complexity index is 637. The number of benzene rings is 2. The summed E-state index contributed by atoms with van der Waals surface area (Å²) >= 11 is 0. The number of ether oxygens (including phenoxy) is 1. The average Bonchev–Trinajstić information content (AvgIpc) is 2.47. The molecule has 0 aliphatic carbocycles. The molecule has 1 amide bonds. The van der Waals surface area contributed by atoms with Crippen molar-refractivity contribution < 1.29 is 14.3 Å². The van der Waals surface area contributed by atoms with Gasteiger partial charge in [0.2, 0.25) is 5.91 Å². The molecule has 0 atom stereocenters. The molecule has 5 heteroatoms. The molecule has 2 aromatic rings. The van der Waals surface area contributed by atoms with Crippen LogP contribution in [0.4, 0.5) is 11.4 Å². The van der Waals surface area contributed by atoms with Gasteiger partial charge in [-0.25, -0.2) is 4.79 Å². The topological polar surface area (TPSA) is 81.4 Å². The molecule has 0 bridgehead atoms. The van der Waals surface area contributed by atoms with Crippen LogP contribution < -0.4 is 11.1 Å². The maximum atomic E-state index is 10.9. The van der Waals surface area contributed by atoms with E-state index in [2.05, 4.69) is 10.1 Å². The molecule has 3 N–H and O–H groups in total. The van der Waals surface area contributed by atoms with Crippen LogP contribution in [0.25, 0.3) is 0 Å². The molecule has 5 nitrogen and oxygen atoms in total. The average molecular weight is 300 g/mol. The highest BCUT2D eigenvalue weighted by Gasteiger charge is 2.02. The minimum Gasteiger partial charge on any atom is -0.465 e. The quantitative estimate of drug-likeness (QED) is 0.660. The zero-order valence-electron chi connectivity index (χ0n) is 12.9. The van der Waals surface area contributed by atoms with Gasteiger partial charge >= 0.3 is 5.97 Å². The number of carbonyl (C=O) groups is 2. The van der Waals surface area contributed by atoms with E-state index in [9.17, 15) is 9.59 Å². The molecular formula is C17H20N2O3. The fourth-order valence-corrected chi connectivity index (χ4v) is 1.63. The first-order valence-corrected chi connectivity index (χ1v) is 6.70. The van der Waals surface area contributed by atoms with Crippen molar-refractivity contribution in [1.29, 1.82) is 0 Å². The van der Waals surface area contributed by atoms with Gasteiger partial charge in [0.25, 0.3) is 0 Å². The molecule has 22 heavy (non-hydrogen) atoms. The summed E-state index contributed by atoms with van der Waals surface area (Å²) in [6.45, 7) is 3.43. The first-order chi connectivity index (χ1) is 10.4. The first-order valence-electron chi connectivity index (χ1n) is 6.70. The zero-order chi connectivity index (χ0) is 16.5. The van der Waals surface area contributed by atoms with Gasteiger partial charge in [-0.15, -0.1) is 0 Å². The van der Waals surface area contributed by atoms with E-state index in [-0.39, 0.29) is 11.9 Å². The minimum atomic E-state index is -0.287. The smallest absolute Gasteiger partial charge is 0.337 e. The van der Waals surface area contributed by atoms with Crippen LogP contribution in [-0.2, 0) is 9.53 Å². The molecule has 116 valence electrons. The fraction of sp³-hybridized carbons (Fsp3) is 0.176. The summed E-state index contributed by atoms with van der Waals surface area (Å²) in [5.74, 6) is -0.374. The Labute approximate surface area is 130 Å². The van der Waals surface area contributed by atoms with E-state index >= 15 is 0 Å². The summed E-state index contributed by atoms with van der Waals surface area (Å²) < 4.78 is 4.54. The van der Waals surface area contributed by atoms with Gasteiger partial charge in [-0.3, -0.25) is 4.79 Å². The van der Waals surface area contributed by atoms with Crippen LogP contribution in [0, 0.1) is 6.92 Å². The van der Waals surface area contributed by atoms with Crippen molar-refractivity contribution in [2.24, 2.45) is 0 Å². The number of aryl methyl sites for hydroxylation is 1. The Morgan fingerprint density at radius 1 is 1.09 bits per heavy atom. The Kier molecular flexibility index (Phi) is 6.63. The highest BCUT2D eigenvalue weighted by atomic mass is 16.5. The zero-order valence-corrected chi connectivity index (χ0v) is 12.9. The van der Waals surface area contributed by atoms with E-state index in [0.29, 0.717) is 11.3 Å². The van der Waals surface area contributed by atoms with Crippen molar-refractivity contribution in [1.82, 2.24) is 0 Å². The Balaban J connectivity index is 0.000000220. The van der Waals surface area contributed by atoms with Crippen LogP contribution in [0.15, 0.2) is 48.5 Å². The molecule has 0 unspecified atom stereocenters. The van der Waals surface area contributed by atoms with Crippen molar-refractivity contribution in [3.8, 4) is 0 Å². The van der Waals surface area contributed by atoms with Gasteiger partial charge in [0, 0.05) is 18.3 Å². The van der Waals surface area contributed by atoms with Crippen molar-refractivity contribution in [3.05, 3.63) is 59.7 Å². The predicted octanol–water partition coefficient (Wildman–Crippen LogP) is 3.01. The van der Waals surface area contributed by atoms with Gasteiger partial charge in [-0.2, -0.15) is 0 Å². The lowest BCUT2D eigenvalue weighted by Crippen LogP contribution is -2.05. The third-order valence-corrected chi connectivity index (χ3v) is 2.68. The molecule has 0 saturated heterocycles. The van der Waals surface area contributed by atoms with Crippen LogP contribution in [0.3, 0.4) is 0 Å². The number of nitrogens with two attached hydrogens (primary N) is 1. The molecule has 0 spiro atoms. The molecule has 0 radical (unpaired) electrons. The molecule has 0 aromatic heterocycles. The largest absolute Gasteiger partial charge is 0.465 e. The summed E-state index contributed by atoms with van der Waals surface area (Å²) in [7, 11) is 1.38. The second-order valence-corrected chi connectivity index (χ2v) is 4.66. The normalized spacial score (nSPS) is 9.23. The maximum absolute atomic E-state index is 10.9. The molecular weight excluding hydrogens is 280 g/mol. The summed E-state index contributed by atoms with van der Waals surface area (Å²) in [6, 6.07) is 14.3. The lowest BCUT2D eigenvalue weighted by atomic mass is 10.2. The third-order valence-electron chi connectivity index (χ3n) is 2.68. The number of nitrogen functional groups attached to an aromatic ring is 1. The van der Waals surface area contributed by atoms with Crippen molar-refractivity contribution in [2.75, 3.05) is 18.2 Å². The molecule has 0 aliphatic rings. The number of nitrogens with one attached hydrogen (secondary N) is 1. The molecule has 0 aliphatic heterocycles. The van der Waals surface area contributed by atoms with Crippen molar-refractivity contribution in [2.45, 2.75) is 13.8 Å². The standard InChI is InChI=1S/C9H10O2.C8H10N2O/c1-7-3-5-8(6-4-7)9(10)11-2;1-6(11)10-8-4-2-3-7(9)5-8/h3-6H,1-2H3;2-5H,9H2,1H3,(H,10,11). The highest BCUT2D eigenvalue weighted by Crippen LogP contribution is 2.11. The number of rotatable bonds is 2. The van der Waals surface area contributed by atoms with Crippen LogP contribution >= 0.6 is 0 Å². The van der Waals surface area contributed by atoms with E-state index in [1.54, 1.807) is 36.4 Å². The Morgan fingerprint density at radius 3 is 2.23 bits per heavy atom. The van der Waals surface area contributed by atoms with E-state index < -0.39 is 0 Å². The number of amides is 1. The number of anilines is 2. The number of esters is 1. The van der Waals surface area contributed by atoms with E-state index in [1.165, 1.54) is 14.0 Å².